The minimum absolute atomic E-state index is 0.487. The Morgan fingerprint density at radius 3 is 2.30 bits per heavy atom. The highest BCUT2D eigenvalue weighted by Crippen LogP contribution is 2.38. The van der Waals surface area contributed by atoms with E-state index < -0.39 is 6.10 Å². The molecule has 3 heteroatoms. The molecule has 1 N–H and O–H groups in total. The predicted molar refractivity (Wildman–Crippen MR) is 79.5 cm³/mol. The zero-order chi connectivity index (χ0) is 14.1. The molecule has 0 spiro atoms. The van der Waals surface area contributed by atoms with E-state index in [4.69, 9.17) is 5.26 Å². The van der Waals surface area contributed by atoms with Crippen molar-refractivity contribution < 1.29 is 5.11 Å². The van der Waals surface area contributed by atoms with E-state index in [0.29, 0.717) is 5.56 Å². The first-order valence-corrected chi connectivity index (χ1v) is 7.64. The number of anilines is 1. The monoisotopic (exact) mass is 270 g/mol. The molecular weight excluding hydrogens is 248 g/mol. The summed E-state index contributed by atoms with van der Waals surface area (Å²) < 4.78 is 0. The van der Waals surface area contributed by atoms with Crippen LogP contribution in [0.15, 0.2) is 18.2 Å². The summed E-state index contributed by atoms with van der Waals surface area (Å²) in [6, 6.07) is 7.88. The highest BCUT2D eigenvalue weighted by molar-refractivity contribution is 5.58. The zero-order valence-corrected chi connectivity index (χ0v) is 12.0. The van der Waals surface area contributed by atoms with Crippen LogP contribution in [0.4, 0.5) is 5.69 Å². The molecule has 1 aromatic rings. The van der Waals surface area contributed by atoms with Gasteiger partial charge in [0, 0.05) is 24.3 Å². The topological polar surface area (TPSA) is 47.3 Å². The van der Waals surface area contributed by atoms with Crippen LogP contribution in [0.5, 0.6) is 0 Å². The number of aliphatic hydroxyl groups excluding tert-OH is 1. The first-order chi connectivity index (χ1) is 9.67. The highest BCUT2D eigenvalue weighted by atomic mass is 16.3. The van der Waals surface area contributed by atoms with E-state index in [9.17, 15) is 5.11 Å². The van der Waals surface area contributed by atoms with E-state index in [0.717, 1.165) is 36.2 Å². The smallest absolute Gasteiger partial charge is 0.0992 e. The molecule has 3 rings (SSSR count). The molecule has 0 heterocycles. The molecule has 2 aliphatic rings. The molecule has 2 aliphatic carbocycles. The Morgan fingerprint density at radius 2 is 1.85 bits per heavy atom. The SMILES string of the molecule is C[C@@H](O)c1ccc(C#N)cc1N(CC1CC1)CC1CC1. The maximum atomic E-state index is 10.0. The van der Waals surface area contributed by atoms with Crippen LogP contribution in [0, 0.1) is 23.2 Å². The second-order valence-electron chi connectivity index (χ2n) is 6.35. The Labute approximate surface area is 120 Å². The average Bonchev–Trinajstić information content (AvgIpc) is 3.32. The molecule has 0 unspecified atom stereocenters. The fourth-order valence-corrected chi connectivity index (χ4v) is 2.74. The van der Waals surface area contributed by atoms with Gasteiger partial charge in [0.1, 0.15) is 0 Å². The second kappa shape index (κ2) is 5.46. The molecular formula is C17H22N2O. The van der Waals surface area contributed by atoms with Crippen molar-refractivity contribution in [3.63, 3.8) is 0 Å². The second-order valence-corrected chi connectivity index (χ2v) is 6.35. The van der Waals surface area contributed by atoms with Gasteiger partial charge in [0.05, 0.1) is 17.7 Å². The van der Waals surface area contributed by atoms with Crippen LogP contribution >= 0.6 is 0 Å². The maximum absolute atomic E-state index is 10.0. The summed E-state index contributed by atoms with van der Waals surface area (Å²) in [5.74, 6) is 1.61. The standard InChI is InChI=1S/C17H22N2O/c1-12(20)16-7-6-15(9-18)8-17(16)19(10-13-2-3-13)11-14-4-5-14/h6-8,12-14,20H,2-5,10-11H2,1H3/t12-/m1/s1. The van der Waals surface area contributed by atoms with Crippen LogP contribution in [0.25, 0.3) is 0 Å². The van der Waals surface area contributed by atoms with Gasteiger partial charge in [0.2, 0.25) is 0 Å². The third-order valence-corrected chi connectivity index (χ3v) is 4.30. The van der Waals surface area contributed by atoms with E-state index in [2.05, 4.69) is 11.0 Å². The van der Waals surface area contributed by atoms with Crippen molar-refractivity contribution >= 4 is 5.69 Å². The first kappa shape index (κ1) is 13.5. The van der Waals surface area contributed by atoms with Gasteiger partial charge in [0.15, 0.2) is 0 Å². The number of hydrogen-bond acceptors (Lipinski definition) is 3. The number of hydrogen-bond donors (Lipinski definition) is 1. The summed E-state index contributed by atoms with van der Waals surface area (Å²) in [5, 5.41) is 19.1. The molecule has 106 valence electrons. The van der Waals surface area contributed by atoms with Crippen molar-refractivity contribution in [2.45, 2.75) is 38.7 Å². The van der Waals surface area contributed by atoms with Crippen molar-refractivity contribution in [3.05, 3.63) is 29.3 Å². The van der Waals surface area contributed by atoms with Crippen LogP contribution in [-0.2, 0) is 0 Å². The van der Waals surface area contributed by atoms with E-state index in [1.165, 1.54) is 25.7 Å². The molecule has 1 aromatic carbocycles. The van der Waals surface area contributed by atoms with Crippen LogP contribution in [0.3, 0.4) is 0 Å². The van der Waals surface area contributed by atoms with Crippen LogP contribution in [-0.4, -0.2) is 18.2 Å². The van der Waals surface area contributed by atoms with E-state index in [1.54, 1.807) is 13.0 Å². The van der Waals surface area contributed by atoms with Crippen molar-refractivity contribution in [2.24, 2.45) is 11.8 Å². The van der Waals surface area contributed by atoms with Gasteiger partial charge < -0.3 is 10.0 Å². The molecule has 0 radical (unpaired) electrons. The molecule has 0 amide bonds. The lowest BCUT2D eigenvalue weighted by Gasteiger charge is -2.28. The number of aliphatic hydroxyl groups is 1. The van der Waals surface area contributed by atoms with Crippen molar-refractivity contribution in [3.8, 4) is 6.07 Å². The molecule has 0 saturated heterocycles. The molecule has 3 nitrogen and oxygen atoms in total. The Hall–Kier alpha value is -1.53. The van der Waals surface area contributed by atoms with Gasteiger partial charge in [-0.05, 0) is 56.6 Å². The van der Waals surface area contributed by atoms with Gasteiger partial charge in [-0.2, -0.15) is 5.26 Å². The Bertz CT molecular complexity index is 510. The maximum Gasteiger partial charge on any atom is 0.0992 e. The quantitative estimate of drug-likeness (QED) is 0.863. The summed E-state index contributed by atoms with van der Waals surface area (Å²) in [7, 11) is 0. The van der Waals surface area contributed by atoms with Gasteiger partial charge in [-0.3, -0.25) is 0 Å². The van der Waals surface area contributed by atoms with Crippen molar-refractivity contribution in [2.75, 3.05) is 18.0 Å². The molecule has 20 heavy (non-hydrogen) atoms. The summed E-state index contributed by atoms with van der Waals surface area (Å²) in [5.41, 5.74) is 2.70. The lowest BCUT2D eigenvalue weighted by atomic mass is 10.0. The third-order valence-electron chi connectivity index (χ3n) is 4.30. The average molecular weight is 270 g/mol. The summed E-state index contributed by atoms with van der Waals surface area (Å²) in [4.78, 5) is 2.41. The Morgan fingerprint density at radius 1 is 1.25 bits per heavy atom. The predicted octanol–water partition coefficient (Wildman–Crippen LogP) is 3.24. The van der Waals surface area contributed by atoms with E-state index in [-0.39, 0.29) is 0 Å². The number of nitrogens with zero attached hydrogens (tertiary/aromatic N) is 2. The Balaban J connectivity index is 1.91. The van der Waals surface area contributed by atoms with Crippen molar-refractivity contribution in [1.29, 1.82) is 5.26 Å². The van der Waals surface area contributed by atoms with Crippen LogP contribution in [0.2, 0.25) is 0 Å². The number of benzene rings is 1. The first-order valence-electron chi connectivity index (χ1n) is 7.64. The summed E-state index contributed by atoms with van der Waals surface area (Å²) >= 11 is 0. The third kappa shape index (κ3) is 3.13. The molecule has 1 atom stereocenters. The summed E-state index contributed by atoms with van der Waals surface area (Å²) in [6.45, 7) is 3.95. The summed E-state index contributed by atoms with van der Waals surface area (Å²) in [6.07, 6.45) is 4.80. The molecule has 0 bridgehead atoms. The van der Waals surface area contributed by atoms with E-state index >= 15 is 0 Å². The van der Waals surface area contributed by atoms with Crippen molar-refractivity contribution in [1.82, 2.24) is 0 Å². The lowest BCUT2D eigenvalue weighted by molar-refractivity contribution is 0.199. The minimum Gasteiger partial charge on any atom is -0.389 e. The van der Waals surface area contributed by atoms with E-state index in [1.807, 2.05) is 12.1 Å². The number of rotatable bonds is 6. The zero-order valence-electron chi connectivity index (χ0n) is 12.0. The fraction of sp³-hybridized carbons (Fsp3) is 0.588. The van der Waals surface area contributed by atoms with Gasteiger partial charge >= 0.3 is 0 Å². The Kier molecular flexibility index (Phi) is 3.67. The highest BCUT2D eigenvalue weighted by Gasteiger charge is 2.30. The van der Waals surface area contributed by atoms with Gasteiger partial charge in [-0.25, -0.2) is 0 Å². The van der Waals surface area contributed by atoms with Crippen LogP contribution < -0.4 is 4.90 Å². The molecule has 0 aliphatic heterocycles. The van der Waals surface area contributed by atoms with Crippen LogP contribution in [0.1, 0.15) is 49.8 Å². The fourth-order valence-electron chi connectivity index (χ4n) is 2.74. The number of nitriles is 1. The molecule has 0 aromatic heterocycles. The molecule has 2 saturated carbocycles. The van der Waals surface area contributed by atoms with Gasteiger partial charge in [-0.1, -0.05) is 6.07 Å². The molecule has 2 fully saturated rings. The minimum atomic E-state index is -0.487. The largest absolute Gasteiger partial charge is 0.389 e. The van der Waals surface area contributed by atoms with Gasteiger partial charge in [0.25, 0.3) is 0 Å². The van der Waals surface area contributed by atoms with Gasteiger partial charge in [-0.15, -0.1) is 0 Å². The lowest BCUT2D eigenvalue weighted by Crippen LogP contribution is -2.29. The normalized spacial score (nSPS) is 19.4.